The lowest BCUT2D eigenvalue weighted by molar-refractivity contribution is -0.134. The van der Waals surface area contributed by atoms with Crippen LogP contribution < -0.4 is 0 Å². The molecule has 6 heteroatoms. The average Bonchev–Trinajstić information content (AvgIpc) is 2.47. The van der Waals surface area contributed by atoms with Crippen LogP contribution in [0.25, 0.3) is 0 Å². The van der Waals surface area contributed by atoms with Gasteiger partial charge in [0.2, 0.25) is 0 Å². The summed E-state index contributed by atoms with van der Waals surface area (Å²) in [6.07, 6.45) is 9.62. The average molecular weight is 211 g/mol. The molecule has 0 spiro atoms. The molecule has 0 saturated heterocycles. The summed E-state index contributed by atoms with van der Waals surface area (Å²) < 4.78 is 0. The quantitative estimate of drug-likeness (QED) is 0.658. The van der Waals surface area contributed by atoms with Crippen LogP contribution in [0.4, 0.5) is 0 Å². The van der Waals surface area contributed by atoms with Crippen LogP contribution >= 0.6 is 0 Å². The van der Waals surface area contributed by atoms with Gasteiger partial charge in [-0.15, -0.1) is 0 Å². The summed E-state index contributed by atoms with van der Waals surface area (Å²) in [5, 5.41) is 19.1. The van der Waals surface area contributed by atoms with Gasteiger partial charge in [-0.05, 0) is 12.2 Å². The van der Waals surface area contributed by atoms with E-state index in [4.69, 9.17) is 10.2 Å². The number of carboxylic acid groups (broad SMARTS) is 2. The van der Waals surface area contributed by atoms with Gasteiger partial charge in [-0.2, -0.15) is 0 Å². The molecule has 1 aliphatic rings. The SMILES string of the molecule is C1=CC=NOC=C1.O=C(O)/C=C/C(=O)O. The Balaban J connectivity index is 0.000000262. The Morgan fingerprint density at radius 2 is 1.67 bits per heavy atom. The molecule has 1 rings (SSSR count). The molecule has 0 aromatic heterocycles. The highest BCUT2D eigenvalue weighted by Gasteiger charge is 1.88. The molecule has 0 atom stereocenters. The smallest absolute Gasteiger partial charge is 0.328 e. The van der Waals surface area contributed by atoms with Crippen molar-refractivity contribution in [2.45, 2.75) is 0 Å². The lowest BCUT2D eigenvalue weighted by Gasteiger charge is -1.77. The zero-order valence-electron chi connectivity index (χ0n) is 7.61. The summed E-state index contributed by atoms with van der Waals surface area (Å²) in [7, 11) is 0. The first kappa shape index (κ1) is 12.6. The molecule has 1 aliphatic heterocycles. The van der Waals surface area contributed by atoms with Crippen molar-refractivity contribution in [3.05, 3.63) is 36.6 Å². The minimum atomic E-state index is -1.26. The molecule has 0 aromatic rings. The summed E-state index contributed by atoms with van der Waals surface area (Å²) >= 11 is 0. The number of carboxylic acids is 2. The van der Waals surface area contributed by atoms with E-state index in [9.17, 15) is 9.59 Å². The molecule has 15 heavy (non-hydrogen) atoms. The molecule has 2 N–H and O–H groups in total. The molecule has 0 saturated carbocycles. The van der Waals surface area contributed by atoms with Gasteiger partial charge in [-0.1, -0.05) is 11.2 Å². The van der Waals surface area contributed by atoms with Crippen LogP contribution in [-0.4, -0.2) is 28.4 Å². The van der Waals surface area contributed by atoms with Crippen molar-refractivity contribution in [1.82, 2.24) is 0 Å². The largest absolute Gasteiger partial charge is 0.478 e. The monoisotopic (exact) mass is 211 g/mol. The highest BCUT2D eigenvalue weighted by Crippen LogP contribution is 1.83. The Morgan fingerprint density at radius 1 is 1.07 bits per heavy atom. The van der Waals surface area contributed by atoms with E-state index in [0.717, 1.165) is 0 Å². The molecule has 0 radical (unpaired) electrons. The second kappa shape index (κ2) is 8.24. The van der Waals surface area contributed by atoms with E-state index < -0.39 is 11.9 Å². The van der Waals surface area contributed by atoms with E-state index in [1.165, 1.54) is 6.26 Å². The zero-order valence-corrected chi connectivity index (χ0v) is 7.61. The normalized spacial score (nSPS) is 12.5. The van der Waals surface area contributed by atoms with Crippen molar-refractivity contribution in [3.63, 3.8) is 0 Å². The summed E-state index contributed by atoms with van der Waals surface area (Å²) in [5.41, 5.74) is 0. The Labute approximate surface area is 85.5 Å². The molecule has 0 aromatic carbocycles. The first-order valence-corrected chi connectivity index (χ1v) is 3.78. The van der Waals surface area contributed by atoms with Gasteiger partial charge >= 0.3 is 11.9 Å². The standard InChI is InChI=1S/C5H5NO.C4H4O4/c1-2-4-6-7-5-3-1;5-3(6)1-2-4(7)8/h1-5H;1-2H,(H,5,6)(H,7,8)/b;2-1+. The van der Waals surface area contributed by atoms with Gasteiger partial charge in [0, 0.05) is 12.2 Å². The Morgan fingerprint density at radius 3 is 2.20 bits per heavy atom. The van der Waals surface area contributed by atoms with Crippen LogP contribution in [0.3, 0.4) is 0 Å². The maximum Gasteiger partial charge on any atom is 0.328 e. The zero-order chi connectivity index (χ0) is 11.5. The molecular weight excluding hydrogens is 202 g/mol. The maximum atomic E-state index is 9.55. The molecule has 0 aliphatic carbocycles. The number of allylic oxidation sites excluding steroid dienone is 3. The van der Waals surface area contributed by atoms with Crippen molar-refractivity contribution in [3.8, 4) is 0 Å². The molecule has 0 fully saturated rings. The van der Waals surface area contributed by atoms with Crippen LogP contribution in [0.15, 0.2) is 41.8 Å². The van der Waals surface area contributed by atoms with Gasteiger partial charge in [-0.3, -0.25) is 0 Å². The van der Waals surface area contributed by atoms with Crippen molar-refractivity contribution in [1.29, 1.82) is 0 Å². The van der Waals surface area contributed by atoms with Gasteiger partial charge in [-0.25, -0.2) is 9.59 Å². The Bertz CT molecular complexity index is 297. The number of hydrogen-bond donors (Lipinski definition) is 2. The first-order chi connectivity index (χ1) is 7.13. The van der Waals surface area contributed by atoms with Crippen LogP contribution in [-0.2, 0) is 14.4 Å². The fourth-order valence-corrected chi connectivity index (χ4v) is 0.442. The Hall–Kier alpha value is -2.37. The molecule has 0 unspecified atom stereocenters. The topological polar surface area (TPSA) is 96.2 Å². The summed E-state index contributed by atoms with van der Waals surface area (Å²) in [5.74, 6) is -2.51. The number of rotatable bonds is 2. The number of hydrogen-bond acceptors (Lipinski definition) is 4. The minimum absolute atomic E-state index is 0.558. The third-order valence-corrected chi connectivity index (χ3v) is 0.938. The summed E-state index contributed by atoms with van der Waals surface area (Å²) in [6, 6.07) is 0. The van der Waals surface area contributed by atoms with Crippen molar-refractivity contribution < 1.29 is 24.6 Å². The summed E-state index contributed by atoms with van der Waals surface area (Å²) in [6.45, 7) is 0. The molecule has 0 amide bonds. The van der Waals surface area contributed by atoms with Gasteiger partial charge in [0.25, 0.3) is 0 Å². The van der Waals surface area contributed by atoms with Gasteiger partial charge in [0.05, 0.1) is 6.21 Å². The van der Waals surface area contributed by atoms with Crippen molar-refractivity contribution in [2.75, 3.05) is 0 Å². The van der Waals surface area contributed by atoms with E-state index in [1.807, 2.05) is 6.08 Å². The minimum Gasteiger partial charge on any atom is -0.478 e. The van der Waals surface area contributed by atoms with E-state index in [1.54, 1.807) is 18.4 Å². The second-order valence-electron chi connectivity index (χ2n) is 2.08. The van der Waals surface area contributed by atoms with Crippen LogP contribution in [0.2, 0.25) is 0 Å². The highest BCUT2D eigenvalue weighted by molar-refractivity contribution is 5.89. The molecular formula is C9H9NO5. The van der Waals surface area contributed by atoms with Crippen molar-refractivity contribution in [2.24, 2.45) is 5.16 Å². The van der Waals surface area contributed by atoms with Crippen LogP contribution in [0.1, 0.15) is 0 Å². The fraction of sp³-hybridized carbons (Fsp3) is 0. The van der Waals surface area contributed by atoms with Crippen LogP contribution in [0, 0.1) is 0 Å². The lowest BCUT2D eigenvalue weighted by atomic mass is 10.5. The van der Waals surface area contributed by atoms with E-state index >= 15 is 0 Å². The predicted octanol–water partition coefficient (Wildman–Crippen LogP) is 0.784. The van der Waals surface area contributed by atoms with E-state index in [0.29, 0.717) is 12.2 Å². The lowest BCUT2D eigenvalue weighted by Crippen LogP contribution is -1.91. The third kappa shape index (κ3) is 11.6. The maximum absolute atomic E-state index is 9.55. The highest BCUT2D eigenvalue weighted by atomic mass is 16.6. The first-order valence-electron chi connectivity index (χ1n) is 3.78. The van der Waals surface area contributed by atoms with Gasteiger partial charge < -0.3 is 15.1 Å². The number of carbonyl (C=O) groups is 2. The van der Waals surface area contributed by atoms with E-state index in [-0.39, 0.29) is 0 Å². The Kier molecular flexibility index (Phi) is 6.94. The van der Waals surface area contributed by atoms with Crippen LogP contribution in [0.5, 0.6) is 0 Å². The second-order valence-corrected chi connectivity index (χ2v) is 2.08. The summed E-state index contributed by atoms with van der Waals surface area (Å²) in [4.78, 5) is 23.6. The predicted molar refractivity (Wildman–Crippen MR) is 52.3 cm³/mol. The van der Waals surface area contributed by atoms with E-state index in [2.05, 4.69) is 9.99 Å². The third-order valence-electron chi connectivity index (χ3n) is 0.938. The molecule has 6 nitrogen and oxygen atoms in total. The molecule has 1 heterocycles. The fourth-order valence-electron chi connectivity index (χ4n) is 0.442. The number of aliphatic carboxylic acids is 2. The molecule has 80 valence electrons. The number of nitrogens with zero attached hydrogens (tertiary/aromatic N) is 1. The number of oxime groups is 1. The van der Waals surface area contributed by atoms with Gasteiger partial charge in [0.15, 0.2) is 0 Å². The van der Waals surface area contributed by atoms with Gasteiger partial charge in [0.1, 0.15) is 6.26 Å². The molecule has 0 bridgehead atoms. The van der Waals surface area contributed by atoms with Crippen molar-refractivity contribution >= 4 is 18.2 Å².